The Hall–Kier alpha value is -1.31. The number of anilines is 2. The van der Waals surface area contributed by atoms with Gasteiger partial charge >= 0.3 is 0 Å². The topological polar surface area (TPSA) is 92.7 Å². The highest BCUT2D eigenvalue weighted by atomic mass is 32.2. The van der Waals surface area contributed by atoms with Crippen molar-refractivity contribution in [2.75, 3.05) is 44.4 Å². The normalized spacial score (nSPS) is 12.1. The van der Waals surface area contributed by atoms with Crippen molar-refractivity contribution in [3.63, 3.8) is 0 Å². The summed E-state index contributed by atoms with van der Waals surface area (Å²) in [6, 6.07) is 4.91. The van der Waals surface area contributed by atoms with Crippen LogP contribution in [0.3, 0.4) is 0 Å². The fourth-order valence-electron chi connectivity index (χ4n) is 2.08. The lowest BCUT2D eigenvalue weighted by molar-refractivity contribution is 0.409. The first-order valence-corrected chi connectivity index (χ1v) is 8.48. The van der Waals surface area contributed by atoms with E-state index in [1.165, 1.54) is 6.07 Å². The van der Waals surface area contributed by atoms with Crippen LogP contribution in [0.1, 0.15) is 13.8 Å². The molecule has 0 amide bonds. The molecule has 1 aromatic carbocycles. The quantitative estimate of drug-likeness (QED) is 0.731. The van der Waals surface area contributed by atoms with Gasteiger partial charge in [-0.05, 0) is 38.2 Å². The SMILES string of the molecule is CC(C)CN(CCN(C)C)c1ccc(S(N)(=O)=O)c(N)c1. The van der Waals surface area contributed by atoms with Gasteiger partial charge in [-0.1, -0.05) is 13.8 Å². The average Bonchev–Trinajstić information content (AvgIpc) is 2.32. The lowest BCUT2D eigenvalue weighted by atomic mass is 10.1. The van der Waals surface area contributed by atoms with Crippen LogP contribution in [0, 0.1) is 5.92 Å². The third-order valence-corrected chi connectivity index (χ3v) is 4.05. The fraction of sp³-hybridized carbons (Fsp3) is 0.571. The molecular formula is C14H26N4O2S. The highest BCUT2D eigenvalue weighted by molar-refractivity contribution is 7.89. The van der Waals surface area contributed by atoms with Gasteiger partial charge in [0.2, 0.25) is 10.0 Å². The molecule has 0 spiro atoms. The van der Waals surface area contributed by atoms with Crippen LogP contribution in [0.15, 0.2) is 23.1 Å². The van der Waals surface area contributed by atoms with Crippen LogP contribution in [0.25, 0.3) is 0 Å². The van der Waals surface area contributed by atoms with Crippen LogP contribution in [0.4, 0.5) is 11.4 Å². The van der Waals surface area contributed by atoms with Gasteiger partial charge < -0.3 is 15.5 Å². The molecule has 0 saturated carbocycles. The fourth-order valence-corrected chi connectivity index (χ4v) is 2.72. The maximum Gasteiger partial charge on any atom is 0.240 e. The predicted octanol–water partition coefficient (Wildman–Crippen LogP) is 0.940. The van der Waals surface area contributed by atoms with Gasteiger partial charge in [-0.3, -0.25) is 0 Å². The van der Waals surface area contributed by atoms with E-state index in [0.717, 1.165) is 25.3 Å². The Labute approximate surface area is 127 Å². The van der Waals surface area contributed by atoms with Gasteiger partial charge in [0, 0.05) is 25.3 Å². The number of rotatable bonds is 7. The molecule has 0 aliphatic rings. The standard InChI is InChI=1S/C14H26N4O2S/c1-11(2)10-18(8-7-17(3)4)12-5-6-14(13(15)9-12)21(16,19)20/h5-6,9,11H,7-8,10,15H2,1-4H3,(H2,16,19,20). The third-order valence-electron chi connectivity index (χ3n) is 3.07. The van der Waals surface area contributed by atoms with Crippen molar-refractivity contribution in [3.8, 4) is 0 Å². The zero-order valence-corrected chi connectivity index (χ0v) is 14.0. The summed E-state index contributed by atoms with van der Waals surface area (Å²) in [6.45, 7) is 6.92. The van der Waals surface area contributed by atoms with Crippen molar-refractivity contribution in [2.24, 2.45) is 11.1 Å². The predicted molar refractivity (Wildman–Crippen MR) is 87.8 cm³/mol. The molecule has 0 bridgehead atoms. The van der Waals surface area contributed by atoms with E-state index in [4.69, 9.17) is 10.9 Å². The van der Waals surface area contributed by atoms with Gasteiger partial charge in [-0.25, -0.2) is 13.6 Å². The molecule has 0 atom stereocenters. The summed E-state index contributed by atoms with van der Waals surface area (Å²) in [6.07, 6.45) is 0. The summed E-state index contributed by atoms with van der Waals surface area (Å²) in [7, 11) is 0.263. The van der Waals surface area contributed by atoms with Crippen LogP contribution < -0.4 is 15.8 Å². The first-order chi connectivity index (χ1) is 9.61. The summed E-state index contributed by atoms with van der Waals surface area (Å²) in [5.41, 5.74) is 6.94. The number of hydrogen-bond donors (Lipinski definition) is 2. The molecule has 0 radical (unpaired) electrons. The minimum atomic E-state index is -3.78. The average molecular weight is 314 g/mol. The summed E-state index contributed by atoms with van der Waals surface area (Å²) in [5.74, 6) is 0.492. The second-order valence-electron chi connectivity index (χ2n) is 5.91. The van der Waals surface area contributed by atoms with Crippen molar-refractivity contribution in [1.82, 2.24) is 4.90 Å². The molecule has 1 rings (SSSR count). The lowest BCUT2D eigenvalue weighted by Crippen LogP contribution is -2.34. The molecule has 1 aromatic rings. The van der Waals surface area contributed by atoms with Crippen LogP contribution in [-0.2, 0) is 10.0 Å². The van der Waals surface area contributed by atoms with Gasteiger partial charge in [0.1, 0.15) is 4.90 Å². The highest BCUT2D eigenvalue weighted by Gasteiger charge is 2.15. The Bertz CT molecular complexity index is 570. The van der Waals surface area contributed by atoms with Crippen LogP contribution in [0.5, 0.6) is 0 Å². The van der Waals surface area contributed by atoms with Gasteiger partial charge in [-0.2, -0.15) is 0 Å². The Balaban J connectivity index is 3.05. The molecule has 7 heteroatoms. The monoisotopic (exact) mass is 314 g/mol. The smallest absolute Gasteiger partial charge is 0.240 e. The minimum Gasteiger partial charge on any atom is -0.398 e. The molecule has 0 heterocycles. The molecule has 4 N–H and O–H groups in total. The van der Waals surface area contributed by atoms with E-state index < -0.39 is 10.0 Å². The largest absolute Gasteiger partial charge is 0.398 e. The molecule has 21 heavy (non-hydrogen) atoms. The van der Waals surface area contributed by atoms with Gasteiger partial charge in [0.25, 0.3) is 0 Å². The number of nitrogens with zero attached hydrogens (tertiary/aromatic N) is 2. The number of nitrogen functional groups attached to an aromatic ring is 1. The second kappa shape index (κ2) is 7.11. The van der Waals surface area contributed by atoms with Crippen LogP contribution in [-0.4, -0.2) is 47.0 Å². The third kappa shape index (κ3) is 5.53. The molecular weight excluding hydrogens is 288 g/mol. The van der Waals surface area contributed by atoms with Crippen molar-refractivity contribution in [1.29, 1.82) is 0 Å². The van der Waals surface area contributed by atoms with Crippen molar-refractivity contribution < 1.29 is 8.42 Å². The van der Waals surface area contributed by atoms with E-state index >= 15 is 0 Å². The van der Waals surface area contributed by atoms with Gasteiger partial charge in [0.05, 0.1) is 5.69 Å². The Morgan fingerprint density at radius 2 is 1.81 bits per heavy atom. The van der Waals surface area contributed by atoms with E-state index in [-0.39, 0.29) is 10.6 Å². The van der Waals surface area contributed by atoms with E-state index in [2.05, 4.69) is 23.6 Å². The maximum absolute atomic E-state index is 11.4. The summed E-state index contributed by atoms with van der Waals surface area (Å²) >= 11 is 0. The molecule has 0 aliphatic carbocycles. The second-order valence-corrected chi connectivity index (χ2v) is 7.44. The van der Waals surface area contributed by atoms with Gasteiger partial charge in [0.15, 0.2) is 0 Å². The Kier molecular flexibility index (Phi) is 6.00. The van der Waals surface area contributed by atoms with Crippen molar-refractivity contribution in [3.05, 3.63) is 18.2 Å². The summed E-state index contributed by atoms with van der Waals surface area (Å²) in [5, 5.41) is 5.13. The Morgan fingerprint density at radius 3 is 2.24 bits per heavy atom. The number of hydrogen-bond acceptors (Lipinski definition) is 5. The first kappa shape index (κ1) is 17.7. The zero-order chi connectivity index (χ0) is 16.2. The minimum absolute atomic E-state index is 0.0247. The van der Waals surface area contributed by atoms with E-state index in [1.54, 1.807) is 12.1 Å². The Morgan fingerprint density at radius 1 is 1.19 bits per heavy atom. The summed E-state index contributed by atoms with van der Waals surface area (Å²) in [4.78, 5) is 4.28. The number of primary sulfonamides is 1. The van der Waals surface area contributed by atoms with Gasteiger partial charge in [-0.15, -0.1) is 0 Å². The molecule has 0 unspecified atom stereocenters. The highest BCUT2D eigenvalue weighted by Crippen LogP contribution is 2.24. The lowest BCUT2D eigenvalue weighted by Gasteiger charge is -2.28. The molecule has 0 aliphatic heterocycles. The molecule has 0 fully saturated rings. The van der Waals surface area contributed by atoms with E-state index in [9.17, 15) is 8.42 Å². The molecule has 0 aromatic heterocycles. The van der Waals surface area contributed by atoms with E-state index in [1.807, 2.05) is 14.1 Å². The van der Waals surface area contributed by atoms with Crippen molar-refractivity contribution >= 4 is 21.4 Å². The summed E-state index contributed by atoms with van der Waals surface area (Å²) < 4.78 is 22.8. The van der Waals surface area contributed by atoms with Crippen molar-refractivity contribution in [2.45, 2.75) is 18.7 Å². The van der Waals surface area contributed by atoms with E-state index in [0.29, 0.717) is 5.92 Å². The number of likely N-dealkylation sites (N-methyl/N-ethyl adjacent to an activating group) is 1. The zero-order valence-electron chi connectivity index (χ0n) is 13.2. The molecule has 0 saturated heterocycles. The van der Waals surface area contributed by atoms with Crippen LogP contribution in [0.2, 0.25) is 0 Å². The number of sulfonamides is 1. The molecule has 6 nitrogen and oxygen atoms in total. The number of nitrogens with two attached hydrogens (primary N) is 2. The number of benzene rings is 1. The maximum atomic E-state index is 11.4. The first-order valence-electron chi connectivity index (χ1n) is 6.93. The van der Waals surface area contributed by atoms with Crippen LogP contribution >= 0.6 is 0 Å². The molecule has 120 valence electrons.